The summed E-state index contributed by atoms with van der Waals surface area (Å²) in [5.74, 6) is -0.969. The van der Waals surface area contributed by atoms with Gasteiger partial charge in [-0.05, 0) is 48.7 Å². The summed E-state index contributed by atoms with van der Waals surface area (Å²) in [5, 5.41) is 11.7. The van der Waals surface area contributed by atoms with E-state index in [1.54, 1.807) is 24.3 Å². The first kappa shape index (κ1) is 17.7. The van der Waals surface area contributed by atoms with E-state index in [4.69, 9.17) is 9.84 Å². The van der Waals surface area contributed by atoms with E-state index in [1.165, 1.54) is 12.5 Å². The molecular weight excluding hydrogens is 306 g/mol. The zero-order valence-corrected chi connectivity index (χ0v) is 13.8. The van der Waals surface area contributed by atoms with Gasteiger partial charge in [-0.25, -0.2) is 4.79 Å². The summed E-state index contributed by atoms with van der Waals surface area (Å²) in [4.78, 5) is 24.1. The highest BCUT2D eigenvalue weighted by Gasteiger charge is 2.19. The molecule has 0 aromatic heterocycles. The van der Waals surface area contributed by atoms with Crippen LogP contribution in [0.5, 0.6) is 0 Å². The molecule has 0 fully saturated rings. The van der Waals surface area contributed by atoms with E-state index >= 15 is 0 Å². The van der Waals surface area contributed by atoms with Crippen molar-refractivity contribution in [2.45, 2.75) is 33.0 Å². The molecule has 0 aliphatic heterocycles. The molecular formula is C19H21NO4. The van der Waals surface area contributed by atoms with Gasteiger partial charge in [0.2, 0.25) is 0 Å². The first-order valence-electron chi connectivity index (χ1n) is 7.84. The number of esters is 1. The number of hydrogen-bond acceptors (Lipinski definition) is 4. The number of carbonyl (C=O) groups excluding carboxylic acids is 2. The Labute approximate surface area is 141 Å². The van der Waals surface area contributed by atoms with Crippen LogP contribution in [0.3, 0.4) is 0 Å². The lowest BCUT2D eigenvalue weighted by molar-refractivity contribution is -0.123. The van der Waals surface area contributed by atoms with Crippen molar-refractivity contribution < 1.29 is 19.4 Å². The summed E-state index contributed by atoms with van der Waals surface area (Å²) < 4.78 is 5.18. The smallest absolute Gasteiger partial charge is 0.338 e. The zero-order chi connectivity index (χ0) is 17.5. The summed E-state index contributed by atoms with van der Waals surface area (Å²) in [6.45, 7) is 3.49. The molecule has 0 spiro atoms. The van der Waals surface area contributed by atoms with Crippen molar-refractivity contribution in [1.82, 2.24) is 0 Å². The lowest BCUT2D eigenvalue weighted by Gasteiger charge is -2.14. The van der Waals surface area contributed by atoms with Crippen LogP contribution in [0.1, 0.15) is 35.3 Å². The standard InChI is InChI=1S/C19H21NO4/c1-3-14-6-10-17(11-7-14)20-18(22)13(2)24-19(23)16-8-4-15(12-21)5-9-16/h4-11,13,21H,3,12H2,1-2H3,(H,20,22). The molecule has 5 nitrogen and oxygen atoms in total. The van der Waals surface area contributed by atoms with E-state index < -0.39 is 12.1 Å². The highest BCUT2D eigenvalue weighted by atomic mass is 16.5. The van der Waals surface area contributed by atoms with Gasteiger partial charge in [-0.2, -0.15) is 0 Å². The molecule has 0 saturated carbocycles. The SMILES string of the molecule is CCc1ccc(NC(=O)C(C)OC(=O)c2ccc(CO)cc2)cc1. The largest absolute Gasteiger partial charge is 0.449 e. The maximum Gasteiger partial charge on any atom is 0.338 e. The number of aliphatic hydroxyl groups excluding tert-OH is 1. The molecule has 2 aromatic carbocycles. The van der Waals surface area contributed by atoms with Crippen LogP contribution < -0.4 is 5.32 Å². The molecule has 24 heavy (non-hydrogen) atoms. The van der Waals surface area contributed by atoms with Gasteiger partial charge < -0.3 is 15.2 Å². The van der Waals surface area contributed by atoms with Crippen molar-refractivity contribution >= 4 is 17.6 Å². The summed E-state index contributed by atoms with van der Waals surface area (Å²) in [6.07, 6.45) is 0.0120. The molecule has 2 rings (SSSR count). The summed E-state index contributed by atoms with van der Waals surface area (Å²) in [7, 11) is 0. The molecule has 126 valence electrons. The van der Waals surface area contributed by atoms with Crippen LogP contribution in [0, 0.1) is 0 Å². The Morgan fingerprint density at radius 3 is 2.17 bits per heavy atom. The Morgan fingerprint density at radius 1 is 1.04 bits per heavy atom. The molecule has 0 aliphatic carbocycles. The summed E-state index contributed by atoms with van der Waals surface area (Å²) >= 11 is 0. The maximum atomic E-state index is 12.1. The summed E-state index contributed by atoms with van der Waals surface area (Å²) in [6, 6.07) is 13.9. The number of nitrogens with one attached hydrogen (secondary N) is 1. The number of anilines is 1. The van der Waals surface area contributed by atoms with Gasteiger partial charge in [0.1, 0.15) is 0 Å². The third kappa shape index (κ3) is 4.67. The molecule has 0 aliphatic rings. The Bertz CT molecular complexity index is 692. The van der Waals surface area contributed by atoms with Crippen LogP contribution in [-0.2, 0) is 22.6 Å². The second kappa shape index (κ2) is 8.26. The average molecular weight is 327 g/mol. The van der Waals surface area contributed by atoms with Crippen LogP contribution in [0.15, 0.2) is 48.5 Å². The topological polar surface area (TPSA) is 75.6 Å². The number of benzene rings is 2. The van der Waals surface area contributed by atoms with E-state index in [2.05, 4.69) is 12.2 Å². The first-order valence-corrected chi connectivity index (χ1v) is 7.84. The van der Waals surface area contributed by atoms with Crippen LogP contribution in [0.4, 0.5) is 5.69 Å². The fourth-order valence-electron chi connectivity index (χ4n) is 2.10. The van der Waals surface area contributed by atoms with Gasteiger partial charge >= 0.3 is 5.97 Å². The van der Waals surface area contributed by atoms with Crippen molar-refractivity contribution in [3.8, 4) is 0 Å². The maximum absolute atomic E-state index is 12.1. The van der Waals surface area contributed by atoms with Crippen LogP contribution >= 0.6 is 0 Å². The average Bonchev–Trinajstić information content (AvgIpc) is 2.62. The van der Waals surface area contributed by atoms with Gasteiger partial charge in [-0.3, -0.25) is 4.79 Å². The van der Waals surface area contributed by atoms with E-state index in [9.17, 15) is 9.59 Å². The fraction of sp³-hybridized carbons (Fsp3) is 0.263. The van der Waals surface area contributed by atoms with Crippen molar-refractivity contribution in [3.05, 3.63) is 65.2 Å². The van der Waals surface area contributed by atoms with Gasteiger partial charge in [0, 0.05) is 5.69 Å². The Balaban J connectivity index is 1.93. The highest BCUT2D eigenvalue weighted by Crippen LogP contribution is 2.12. The summed E-state index contributed by atoms with van der Waals surface area (Å²) in [5.41, 5.74) is 2.87. The van der Waals surface area contributed by atoms with Gasteiger partial charge in [0.25, 0.3) is 5.91 Å². The number of aryl methyl sites for hydroxylation is 1. The monoisotopic (exact) mass is 327 g/mol. The highest BCUT2D eigenvalue weighted by molar-refractivity contribution is 5.97. The molecule has 2 aromatic rings. The minimum atomic E-state index is -0.916. The van der Waals surface area contributed by atoms with E-state index in [0.717, 1.165) is 6.42 Å². The molecule has 0 bridgehead atoms. The molecule has 1 unspecified atom stereocenters. The minimum absolute atomic E-state index is 0.0923. The fourth-order valence-corrected chi connectivity index (χ4v) is 2.10. The van der Waals surface area contributed by atoms with Gasteiger partial charge in [0.05, 0.1) is 12.2 Å². The Morgan fingerprint density at radius 2 is 1.62 bits per heavy atom. The lowest BCUT2D eigenvalue weighted by atomic mass is 10.1. The number of ether oxygens (including phenoxy) is 1. The van der Waals surface area contributed by atoms with Crippen molar-refractivity contribution in [3.63, 3.8) is 0 Å². The van der Waals surface area contributed by atoms with Crippen molar-refractivity contribution in [1.29, 1.82) is 0 Å². The Hall–Kier alpha value is -2.66. The van der Waals surface area contributed by atoms with E-state index in [1.807, 2.05) is 24.3 Å². The quantitative estimate of drug-likeness (QED) is 0.800. The Kier molecular flexibility index (Phi) is 6.09. The first-order chi connectivity index (χ1) is 11.5. The van der Waals surface area contributed by atoms with Gasteiger partial charge in [-0.15, -0.1) is 0 Å². The minimum Gasteiger partial charge on any atom is -0.449 e. The predicted molar refractivity (Wildman–Crippen MR) is 91.7 cm³/mol. The van der Waals surface area contributed by atoms with E-state index in [-0.39, 0.29) is 12.5 Å². The van der Waals surface area contributed by atoms with Crippen molar-refractivity contribution in [2.24, 2.45) is 0 Å². The number of rotatable bonds is 6. The second-order valence-corrected chi connectivity index (χ2v) is 5.44. The number of carbonyl (C=O) groups is 2. The van der Waals surface area contributed by atoms with Gasteiger partial charge in [-0.1, -0.05) is 31.2 Å². The third-order valence-corrected chi connectivity index (χ3v) is 3.65. The molecule has 0 radical (unpaired) electrons. The zero-order valence-electron chi connectivity index (χ0n) is 13.8. The van der Waals surface area contributed by atoms with Gasteiger partial charge in [0.15, 0.2) is 6.10 Å². The molecule has 2 N–H and O–H groups in total. The number of hydrogen-bond donors (Lipinski definition) is 2. The molecule has 0 heterocycles. The van der Waals surface area contributed by atoms with Crippen LogP contribution in [-0.4, -0.2) is 23.1 Å². The number of aliphatic hydroxyl groups is 1. The third-order valence-electron chi connectivity index (χ3n) is 3.65. The molecule has 5 heteroatoms. The molecule has 0 saturated heterocycles. The normalized spacial score (nSPS) is 11.6. The predicted octanol–water partition coefficient (Wildman–Crippen LogP) is 2.93. The molecule has 1 amide bonds. The lowest BCUT2D eigenvalue weighted by Crippen LogP contribution is -2.30. The second-order valence-electron chi connectivity index (χ2n) is 5.44. The van der Waals surface area contributed by atoms with Crippen molar-refractivity contribution in [2.75, 3.05) is 5.32 Å². The van der Waals surface area contributed by atoms with E-state index in [0.29, 0.717) is 16.8 Å². The molecule has 1 atom stereocenters. The van der Waals surface area contributed by atoms with Crippen LogP contribution in [0.25, 0.3) is 0 Å². The van der Waals surface area contributed by atoms with Crippen LogP contribution in [0.2, 0.25) is 0 Å². The number of amides is 1.